The van der Waals surface area contributed by atoms with Crippen molar-refractivity contribution in [3.05, 3.63) is 47.8 Å². The lowest BCUT2D eigenvalue weighted by Crippen LogP contribution is -1.98. The number of benzene rings is 1. The van der Waals surface area contributed by atoms with Crippen LogP contribution >= 0.6 is 0 Å². The van der Waals surface area contributed by atoms with Gasteiger partial charge in [0.15, 0.2) is 0 Å². The molecule has 2 rings (SSSR count). The van der Waals surface area contributed by atoms with Crippen LogP contribution in [0, 0.1) is 18.8 Å². The highest BCUT2D eigenvalue weighted by molar-refractivity contribution is 5.47. The normalized spacial score (nSPS) is 9.53. The van der Waals surface area contributed by atoms with Crippen molar-refractivity contribution in [3.63, 3.8) is 0 Å². The van der Waals surface area contributed by atoms with Crippen molar-refractivity contribution in [1.82, 2.24) is 9.78 Å². The molecule has 0 bridgehead atoms. The fraction of sp³-hybridized carbons (Fsp3) is 0.214. The van der Waals surface area contributed by atoms with Gasteiger partial charge in [-0.05, 0) is 19.1 Å². The Labute approximate surface area is 101 Å². The van der Waals surface area contributed by atoms with Crippen molar-refractivity contribution in [1.29, 1.82) is 0 Å². The van der Waals surface area contributed by atoms with Gasteiger partial charge in [-0.15, -0.1) is 0 Å². The monoisotopic (exact) mass is 225 g/mol. The average molecular weight is 225 g/mol. The van der Waals surface area contributed by atoms with Crippen LogP contribution in [0.5, 0.6) is 0 Å². The first-order valence-electron chi connectivity index (χ1n) is 5.54. The minimum Gasteiger partial charge on any atom is -0.371 e. The van der Waals surface area contributed by atoms with E-state index in [0.29, 0.717) is 6.54 Å². The molecule has 1 N–H and O–H groups in total. The predicted octanol–water partition coefficient (Wildman–Crippen LogP) is 2.19. The molecule has 17 heavy (non-hydrogen) atoms. The van der Waals surface area contributed by atoms with E-state index in [-0.39, 0.29) is 0 Å². The summed E-state index contributed by atoms with van der Waals surface area (Å²) in [5.74, 6) is 6.19. The lowest BCUT2D eigenvalue weighted by atomic mass is 10.2. The van der Waals surface area contributed by atoms with E-state index < -0.39 is 0 Å². The van der Waals surface area contributed by atoms with Crippen LogP contribution in [0.25, 0.3) is 0 Å². The van der Waals surface area contributed by atoms with E-state index in [1.807, 2.05) is 50.5 Å². The quantitative estimate of drug-likeness (QED) is 0.794. The molecule has 0 unspecified atom stereocenters. The Balaban J connectivity index is 1.92. The van der Waals surface area contributed by atoms with E-state index in [2.05, 4.69) is 22.3 Å². The number of aromatic nitrogens is 2. The zero-order chi connectivity index (χ0) is 12.1. The summed E-state index contributed by atoms with van der Waals surface area (Å²) in [5.41, 5.74) is 3.07. The van der Waals surface area contributed by atoms with Crippen LogP contribution in [-0.4, -0.2) is 16.3 Å². The SMILES string of the molecule is Cc1nn(C)cc1NCC#Cc1ccccc1. The number of aryl methyl sites for hydroxylation is 2. The van der Waals surface area contributed by atoms with Crippen LogP contribution in [0.15, 0.2) is 36.5 Å². The maximum absolute atomic E-state index is 4.25. The van der Waals surface area contributed by atoms with Crippen LogP contribution in [0.2, 0.25) is 0 Å². The van der Waals surface area contributed by atoms with Gasteiger partial charge in [0.25, 0.3) is 0 Å². The molecule has 0 aliphatic heterocycles. The number of anilines is 1. The summed E-state index contributed by atoms with van der Waals surface area (Å²) >= 11 is 0. The van der Waals surface area contributed by atoms with Crippen LogP contribution in [0.3, 0.4) is 0 Å². The third-order valence-corrected chi connectivity index (χ3v) is 2.39. The van der Waals surface area contributed by atoms with Gasteiger partial charge in [-0.1, -0.05) is 30.0 Å². The summed E-state index contributed by atoms with van der Waals surface area (Å²) in [6.07, 6.45) is 1.96. The van der Waals surface area contributed by atoms with Crippen molar-refractivity contribution in [2.75, 3.05) is 11.9 Å². The second kappa shape index (κ2) is 5.22. The molecule has 1 heterocycles. The highest BCUT2D eigenvalue weighted by Gasteiger charge is 1.99. The zero-order valence-electron chi connectivity index (χ0n) is 10.1. The van der Waals surface area contributed by atoms with Crippen molar-refractivity contribution >= 4 is 5.69 Å². The molecule has 3 nitrogen and oxygen atoms in total. The molecule has 1 aromatic carbocycles. The van der Waals surface area contributed by atoms with Gasteiger partial charge in [0, 0.05) is 18.8 Å². The summed E-state index contributed by atoms with van der Waals surface area (Å²) in [6, 6.07) is 9.97. The topological polar surface area (TPSA) is 29.9 Å². The number of hydrogen-bond donors (Lipinski definition) is 1. The third kappa shape index (κ3) is 3.12. The lowest BCUT2D eigenvalue weighted by molar-refractivity contribution is 0.756. The van der Waals surface area contributed by atoms with Crippen molar-refractivity contribution < 1.29 is 0 Å². The summed E-state index contributed by atoms with van der Waals surface area (Å²) < 4.78 is 1.79. The second-order valence-electron chi connectivity index (χ2n) is 3.82. The molecule has 1 aromatic heterocycles. The van der Waals surface area contributed by atoms with Gasteiger partial charge in [0.05, 0.1) is 17.9 Å². The second-order valence-corrected chi connectivity index (χ2v) is 3.82. The van der Waals surface area contributed by atoms with E-state index in [0.717, 1.165) is 16.9 Å². The molecule has 0 saturated carbocycles. The van der Waals surface area contributed by atoms with Crippen LogP contribution in [0.4, 0.5) is 5.69 Å². The Kier molecular flexibility index (Phi) is 3.46. The highest BCUT2D eigenvalue weighted by atomic mass is 15.3. The first-order chi connectivity index (χ1) is 8.25. The molecular weight excluding hydrogens is 210 g/mol. The number of nitrogens with zero attached hydrogens (tertiary/aromatic N) is 2. The molecule has 0 atom stereocenters. The van der Waals surface area contributed by atoms with Crippen LogP contribution < -0.4 is 5.32 Å². The van der Waals surface area contributed by atoms with E-state index in [9.17, 15) is 0 Å². The maximum atomic E-state index is 4.25. The van der Waals surface area contributed by atoms with Gasteiger partial charge >= 0.3 is 0 Å². The van der Waals surface area contributed by atoms with Crippen molar-refractivity contribution in [2.24, 2.45) is 7.05 Å². The summed E-state index contributed by atoms with van der Waals surface area (Å²) in [7, 11) is 1.91. The Morgan fingerprint density at radius 2 is 2.06 bits per heavy atom. The molecule has 0 amide bonds. The Hall–Kier alpha value is -2.21. The van der Waals surface area contributed by atoms with E-state index in [1.165, 1.54) is 0 Å². The Bertz CT molecular complexity index is 544. The standard InChI is InChI=1S/C14H15N3/c1-12-14(11-17(2)16-12)15-10-6-9-13-7-4-3-5-8-13/h3-5,7-8,11,15H,10H2,1-2H3. The van der Waals surface area contributed by atoms with E-state index >= 15 is 0 Å². The van der Waals surface area contributed by atoms with Crippen LogP contribution in [0.1, 0.15) is 11.3 Å². The molecule has 0 aliphatic carbocycles. The minimum atomic E-state index is 0.626. The molecule has 0 fully saturated rings. The Morgan fingerprint density at radius 1 is 1.29 bits per heavy atom. The van der Waals surface area contributed by atoms with Crippen molar-refractivity contribution in [3.8, 4) is 11.8 Å². The molecule has 0 aliphatic rings. The number of nitrogens with one attached hydrogen (secondary N) is 1. The van der Waals surface area contributed by atoms with Gasteiger partial charge in [0.1, 0.15) is 0 Å². The first kappa shape index (κ1) is 11.3. The molecule has 0 spiro atoms. The van der Waals surface area contributed by atoms with E-state index in [1.54, 1.807) is 4.68 Å². The van der Waals surface area contributed by atoms with Gasteiger partial charge in [-0.3, -0.25) is 4.68 Å². The van der Waals surface area contributed by atoms with E-state index in [4.69, 9.17) is 0 Å². The lowest BCUT2D eigenvalue weighted by Gasteiger charge is -1.97. The van der Waals surface area contributed by atoms with Crippen LogP contribution in [-0.2, 0) is 7.05 Å². The Morgan fingerprint density at radius 3 is 2.71 bits per heavy atom. The van der Waals surface area contributed by atoms with Gasteiger partial charge < -0.3 is 5.32 Å². The fourth-order valence-electron chi connectivity index (χ4n) is 1.58. The zero-order valence-corrected chi connectivity index (χ0v) is 10.1. The van der Waals surface area contributed by atoms with Gasteiger partial charge in [-0.25, -0.2) is 0 Å². The largest absolute Gasteiger partial charge is 0.371 e. The smallest absolute Gasteiger partial charge is 0.0825 e. The molecule has 86 valence electrons. The summed E-state index contributed by atoms with van der Waals surface area (Å²) in [5, 5.41) is 7.50. The minimum absolute atomic E-state index is 0.626. The summed E-state index contributed by atoms with van der Waals surface area (Å²) in [4.78, 5) is 0. The molecule has 0 saturated heterocycles. The fourth-order valence-corrected chi connectivity index (χ4v) is 1.58. The molecular formula is C14H15N3. The summed E-state index contributed by atoms with van der Waals surface area (Å²) in [6.45, 7) is 2.61. The molecule has 0 radical (unpaired) electrons. The highest BCUT2D eigenvalue weighted by Crippen LogP contribution is 2.10. The van der Waals surface area contributed by atoms with Gasteiger partial charge in [0.2, 0.25) is 0 Å². The number of hydrogen-bond acceptors (Lipinski definition) is 2. The average Bonchev–Trinajstić information content (AvgIpc) is 2.65. The number of rotatable bonds is 2. The predicted molar refractivity (Wildman–Crippen MR) is 69.8 cm³/mol. The first-order valence-corrected chi connectivity index (χ1v) is 5.54. The molecule has 3 heteroatoms. The molecule has 2 aromatic rings. The van der Waals surface area contributed by atoms with Gasteiger partial charge in [-0.2, -0.15) is 5.10 Å². The third-order valence-electron chi connectivity index (χ3n) is 2.39. The maximum Gasteiger partial charge on any atom is 0.0825 e. The van der Waals surface area contributed by atoms with Crippen molar-refractivity contribution in [2.45, 2.75) is 6.92 Å².